The van der Waals surface area contributed by atoms with Gasteiger partial charge < -0.3 is 4.74 Å². The highest BCUT2D eigenvalue weighted by atomic mass is 19.2. The van der Waals surface area contributed by atoms with Crippen LogP contribution in [-0.2, 0) is 6.42 Å². The van der Waals surface area contributed by atoms with E-state index < -0.39 is 11.6 Å². The molecule has 1 aromatic rings. The molecule has 0 aliphatic heterocycles. The maximum atomic E-state index is 14.2. The van der Waals surface area contributed by atoms with E-state index in [4.69, 9.17) is 4.74 Å². The molecular formula is C18H26F2O. The molecule has 21 heavy (non-hydrogen) atoms. The van der Waals surface area contributed by atoms with E-state index in [0.29, 0.717) is 24.5 Å². The van der Waals surface area contributed by atoms with Gasteiger partial charge in [0, 0.05) is 0 Å². The molecule has 0 atom stereocenters. The van der Waals surface area contributed by atoms with Crippen LogP contribution in [0, 0.1) is 30.4 Å². The Morgan fingerprint density at radius 1 is 1.14 bits per heavy atom. The Morgan fingerprint density at radius 3 is 2.43 bits per heavy atom. The standard InChI is InChI=1S/C18H26F2O/c1-4-21-16-11-13(3)15(17(19)18(16)20)10-9-14-7-5-12(2)6-8-14/h11-12,14H,4-10H2,1-3H3. The van der Waals surface area contributed by atoms with Crippen molar-refractivity contribution in [3.8, 4) is 5.75 Å². The Balaban J connectivity index is 2.04. The zero-order valence-corrected chi connectivity index (χ0v) is 13.3. The van der Waals surface area contributed by atoms with Gasteiger partial charge in [-0.1, -0.05) is 32.6 Å². The average Bonchev–Trinajstić information content (AvgIpc) is 2.46. The summed E-state index contributed by atoms with van der Waals surface area (Å²) >= 11 is 0. The molecule has 0 radical (unpaired) electrons. The second-order valence-electron chi connectivity index (χ2n) is 6.40. The van der Waals surface area contributed by atoms with E-state index in [0.717, 1.165) is 17.9 Å². The molecule has 0 heterocycles. The summed E-state index contributed by atoms with van der Waals surface area (Å²) in [6, 6.07) is 1.63. The van der Waals surface area contributed by atoms with Crippen molar-refractivity contribution in [3.63, 3.8) is 0 Å². The molecule has 1 nitrogen and oxygen atoms in total. The third-order valence-corrected chi connectivity index (χ3v) is 4.74. The number of ether oxygens (including phenoxy) is 1. The summed E-state index contributed by atoms with van der Waals surface area (Å²) in [6.45, 7) is 6.24. The summed E-state index contributed by atoms with van der Waals surface area (Å²) < 4.78 is 33.3. The fraction of sp³-hybridized carbons (Fsp3) is 0.667. The van der Waals surface area contributed by atoms with Crippen LogP contribution in [0.1, 0.15) is 57.1 Å². The lowest BCUT2D eigenvalue weighted by molar-refractivity contribution is 0.276. The van der Waals surface area contributed by atoms with Crippen LogP contribution in [0.25, 0.3) is 0 Å². The Morgan fingerprint density at radius 2 is 1.81 bits per heavy atom. The van der Waals surface area contributed by atoms with E-state index in [-0.39, 0.29) is 5.75 Å². The lowest BCUT2D eigenvalue weighted by atomic mass is 9.80. The van der Waals surface area contributed by atoms with Gasteiger partial charge in [-0.25, -0.2) is 4.39 Å². The van der Waals surface area contributed by atoms with Gasteiger partial charge in [0.2, 0.25) is 5.82 Å². The molecule has 2 rings (SSSR count). The Bertz CT molecular complexity index is 477. The number of aryl methyl sites for hydroxylation is 1. The van der Waals surface area contributed by atoms with Crippen LogP contribution >= 0.6 is 0 Å². The van der Waals surface area contributed by atoms with Crippen LogP contribution in [0.5, 0.6) is 5.75 Å². The van der Waals surface area contributed by atoms with E-state index in [1.807, 2.05) is 6.92 Å². The Hall–Kier alpha value is -1.12. The minimum atomic E-state index is -0.838. The summed E-state index contributed by atoms with van der Waals surface area (Å²) in [7, 11) is 0. The number of halogens is 2. The van der Waals surface area contributed by atoms with Crippen LogP contribution in [-0.4, -0.2) is 6.61 Å². The first-order chi connectivity index (χ1) is 10.0. The van der Waals surface area contributed by atoms with Crippen molar-refractivity contribution < 1.29 is 13.5 Å². The second-order valence-corrected chi connectivity index (χ2v) is 6.40. The average molecular weight is 296 g/mol. The molecule has 0 unspecified atom stereocenters. The molecule has 3 heteroatoms. The fourth-order valence-corrected chi connectivity index (χ4v) is 3.29. The van der Waals surface area contributed by atoms with Crippen molar-refractivity contribution in [3.05, 3.63) is 28.8 Å². The number of benzene rings is 1. The normalized spacial score (nSPS) is 22.3. The van der Waals surface area contributed by atoms with E-state index in [9.17, 15) is 8.78 Å². The quantitative estimate of drug-likeness (QED) is 0.704. The van der Waals surface area contributed by atoms with Crippen LogP contribution in [0.3, 0.4) is 0 Å². The maximum absolute atomic E-state index is 14.2. The predicted molar refractivity (Wildman–Crippen MR) is 81.7 cm³/mol. The Labute approximate surface area is 126 Å². The molecule has 1 aromatic carbocycles. The van der Waals surface area contributed by atoms with Crippen molar-refractivity contribution >= 4 is 0 Å². The molecule has 0 N–H and O–H groups in total. The molecule has 1 saturated carbocycles. The molecule has 0 saturated heterocycles. The van der Waals surface area contributed by atoms with Crippen LogP contribution in [0.15, 0.2) is 6.07 Å². The molecule has 1 fully saturated rings. The largest absolute Gasteiger partial charge is 0.491 e. The van der Waals surface area contributed by atoms with Gasteiger partial charge in [0.05, 0.1) is 6.61 Å². The van der Waals surface area contributed by atoms with Gasteiger partial charge in [-0.05, 0) is 55.7 Å². The van der Waals surface area contributed by atoms with Crippen molar-refractivity contribution in [2.24, 2.45) is 11.8 Å². The molecule has 1 aliphatic carbocycles. The predicted octanol–water partition coefficient (Wildman–Crippen LogP) is 5.43. The topological polar surface area (TPSA) is 9.23 Å². The molecule has 0 bridgehead atoms. The third-order valence-electron chi connectivity index (χ3n) is 4.74. The summed E-state index contributed by atoms with van der Waals surface area (Å²) in [6.07, 6.45) is 6.56. The lowest BCUT2D eigenvalue weighted by Crippen LogP contribution is -2.13. The SMILES string of the molecule is CCOc1cc(C)c(CCC2CCC(C)CC2)c(F)c1F. The third kappa shape index (κ3) is 3.96. The summed E-state index contributed by atoms with van der Waals surface area (Å²) in [5.74, 6) is -0.0441. The monoisotopic (exact) mass is 296 g/mol. The highest BCUT2D eigenvalue weighted by molar-refractivity contribution is 5.37. The molecule has 0 amide bonds. The summed E-state index contributed by atoms with van der Waals surface area (Å²) in [4.78, 5) is 0. The van der Waals surface area contributed by atoms with Gasteiger partial charge in [-0.15, -0.1) is 0 Å². The van der Waals surface area contributed by atoms with Crippen LogP contribution in [0.4, 0.5) is 8.78 Å². The van der Waals surface area contributed by atoms with Gasteiger partial charge >= 0.3 is 0 Å². The minimum Gasteiger partial charge on any atom is -0.491 e. The van der Waals surface area contributed by atoms with E-state index in [2.05, 4.69) is 6.92 Å². The van der Waals surface area contributed by atoms with Gasteiger partial charge in [0.15, 0.2) is 11.6 Å². The second kappa shape index (κ2) is 7.24. The number of rotatable bonds is 5. The van der Waals surface area contributed by atoms with Crippen molar-refractivity contribution in [2.45, 2.75) is 59.3 Å². The summed E-state index contributed by atoms with van der Waals surface area (Å²) in [5, 5.41) is 0. The van der Waals surface area contributed by atoms with E-state index >= 15 is 0 Å². The van der Waals surface area contributed by atoms with E-state index in [1.165, 1.54) is 25.7 Å². The van der Waals surface area contributed by atoms with Gasteiger partial charge in [-0.3, -0.25) is 0 Å². The number of hydrogen-bond acceptors (Lipinski definition) is 1. The van der Waals surface area contributed by atoms with Crippen LogP contribution in [0.2, 0.25) is 0 Å². The smallest absolute Gasteiger partial charge is 0.200 e. The molecule has 0 spiro atoms. The van der Waals surface area contributed by atoms with Crippen molar-refractivity contribution in [1.29, 1.82) is 0 Å². The number of hydrogen-bond donors (Lipinski definition) is 0. The highest BCUT2D eigenvalue weighted by Crippen LogP contribution is 2.33. The van der Waals surface area contributed by atoms with Crippen molar-refractivity contribution in [1.82, 2.24) is 0 Å². The lowest BCUT2D eigenvalue weighted by Gasteiger charge is -2.26. The van der Waals surface area contributed by atoms with Gasteiger partial charge in [0.1, 0.15) is 0 Å². The van der Waals surface area contributed by atoms with Gasteiger partial charge in [0.25, 0.3) is 0 Å². The van der Waals surface area contributed by atoms with Gasteiger partial charge in [-0.2, -0.15) is 4.39 Å². The summed E-state index contributed by atoms with van der Waals surface area (Å²) in [5.41, 5.74) is 1.32. The first kappa shape index (κ1) is 16.3. The molecule has 0 aromatic heterocycles. The molecule has 1 aliphatic rings. The highest BCUT2D eigenvalue weighted by Gasteiger charge is 2.21. The fourth-order valence-electron chi connectivity index (χ4n) is 3.29. The maximum Gasteiger partial charge on any atom is 0.200 e. The minimum absolute atomic E-state index is 0.0303. The van der Waals surface area contributed by atoms with Crippen LogP contribution < -0.4 is 4.74 Å². The van der Waals surface area contributed by atoms with E-state index in [1.54, 1.807) is 13.0 Å². The molecular weight excluding hydrogens is 270 g/mol. The molecule has 118 valence electrons. The first-order valence-corrected chi connectivity index (χ1v) is 8.13. The zero-order valence-electron chi connectivity index (χ0n) is 13.3. The van der Waals surface area contributed by atoms with Crippen molar-refractivity contribution in [2.75, 3.05) is 6.61 Å². The first-order valence-electron chi connectivity index (χ1n) is 8.13. The zero-order chi connectivity index (χ0) is 15.4. The Kier molecular flexibility index (Phi) is 5.60.